The second-order valence-electron chi connectivity index (χ2n) is 10.0. The summed E-state index contributed by atoms with van der Waals surface area (Å²) in [6, 6.07) is 15.7. The van der Waals surface area contributed by atoms with Gasteiger partial charge in [-0.1, -0.05) is 90.1 Å². The van der Waals surface area contributed by atoms with Gasteiger partial charge in [0.2, 0.25) is 0 Å². The molecule has 3 aromatic rings. The van der Waals surface area contributed by atoms with Gasteiger partial charge in [-0.3, -0.25) is 14.4 Å². The maximum Gasteiger partial charge on any atom is 0.336 e. The van der Waals surface area contributed by atoms with Gasteiger partial charge >= 0.3 is 5.97 Å². The SMILES string of the molecule is CC(C)C(=O)c1ccccc1.CC(C)C(=O)c1ccccc1C(=O)O.Cc1c(F)c(F)c(C(=O)C(C)C)c(F)c1F. The molecule has 0 aliphatic rings. The Balaban J connectivity index is 0.000000313. The first-order chi connectivity index (χ1) is 19.0. The first kappa shape index (κ1) is 34.9. The van der Waals surface area contributed by atoms with Gasteiger partial charge in [-0.05, 0) is 13.0 Å². The van der Waals surface area contributed by atoms with Crippen LogP contribution in [-0.2, 0) is 0 Å². The molecule has 0 amide bonds. The standard InChI is InChI=1S/C11H10F4O.C11H12O3.C10H12O/c1-4(2)11(16)6-9(14)7(12)5(3)8(13)10(6)15;1-7(2)10(12)8-5-3-4-6-9(8)11(13)14;1-8(2)10(11)9-6-4-3-5-7-9/h4H,1-3H3;3-7H,1-2H3,(H,13,14);3-8H,1-2H3. The van der Waals surface area contributed by atoms with Crippen LogP contribution in [0.3, 0.4) is 0 Å². The second-order valence-corrected chi connectivity index (χ2v) is 10.0. The summed E-state index contributed by atoms with van der Waals surface area (Å²) in [5.41, 5.74) is -0.741. The maximum atomic E-state index is 13.3. The fourth-order valence-electron chi connectivity index (χ4n) is 3.38. The molecule has 0 unspecified atom stereocenters. The van der Waals surface area contributed by atoms with E-state index in [4.69, 9.17) is 5.11 Å². The minimum Gasteiger partial charge on any atom is -0.478 e. The van der Waals surface area contributed by atoms with Gasteiger partial charge in [-0.2, -0.15) is 0 Å². The molecule has 0 heterocycles. The molecule has 0 aromatic heterocycles. The van der Waals surface area contributed by atoms with Crippen molar-refractivity contribution in [3.05, 3.63) is 106 Å². The number of carbonyl (C=O) groups is 4. The third kappa shape index (κ3) is 9.20. The fraction of sp³-hybridized carbons (Fsp3) is 0.312. The molecule has 3 rings (SSSR count). The summed E-state index contributed by atoms with van der Waals surface area (Å²) < 4.78 is 52.9. The van der Waals surface area contributed by atoms with Crippen molar-refractivity contribution in [2.24, 2.45) is 17.8 Å². The van der Waals surface area contributed by atoms with Crippen LogP contribution in [-0.4, -0.2) is 28.4 Å². The molecule has 0 spiro atoms. The molecule has 0 bridgehead atoms. The zero-order valence-electron chi connectivity index (χ0n) is 24.0. The topological polar surface area (TPSA) is 88.5 Å². The van der Waals surface area contributed by atoms with Gasteiger partial charge < -0.3 is 5.11 Å². The minimum absolute atomic E-state index is 0.0752. The largest absolute Gasteiger partial charge is 0.478 e. The van der Waals surface area contributed by atoms with Gasteiger partial charge in [0, 0.05) is 34.4 Å². The summed E-state index contributed by atoms with van der Waals surface area (Å²) in [5, 5.41) is 8.84. The molecule has 0 saturated heterocycles. The van der Waals surface area contributed by atoms with Crippen molar-refractivity contribution >= 4 is 23.3 Å². The molecule has 0 atom stereocenters. The Morgan fingerprint density at radius 3 is 1.34 bits per heavy atom. The number of benzene rings is 3. The normalized spacial score (nSPS) is 10.5. The number of hydrogen-bond acceptors (Lipinski definition) is 4. The van der Waals surface area contributed by atoms with Gasteiger partial charge in [-0.15, -0.1) is 0 Å². The fourth-order valence-corrected chi connectivity index (χ4v) is 3.38. The van der Waals surface area contributed by atoms with Crippen LogP contribution in [0.2, 0.25) is 0 Å². The monoisotopic (exact) mass is 574 g/mol. The van der Waals surface area contributed by atoms with E-state index in [9.17, 15) is 36.7 Å². The Morgan fingerprint density at radius 2 is 0.951 bits per heavy atom. The number of carboxylic acid groups (broad SMARTS) is 1. The highest BCUT2D eigenvalue weighted by atomic mass is 19.2. The number of Topliss-reactive ketones (excluding diaryl/α,β-unsaturated/α-hetero) is 3. The maximum absolute atomic E-state index is 13.3. The summed E-state index contributed by atoms with van der Waals surface area (Å²) in [5.74, 6) is -9.09. The number of ketones is 3. The summed E-state index contributed by atoms with van der Waals surface area (Å²) in [6.45, 7) is 11.0. The molecule has 3 aromatic carbocycles. The Morgan fingerprint density at radius 1 is 0.561 bits per heavy atom. The number of carboxylic acids is 1. The number of halogens is 4. The summed E-state index contributed by atoms with van der Waals surface area (Å²) in [6.07, 6.45) is 0. The second kappa shape index (κ2) is 15.6. The van der Waals surface area contributed by atoms with Gasteiger partial charge in [0.25, 0.3) is 0 Å². The molecule has 9 heteroatoms. The summed E-state index contributed by atoms with van der Waals surface area (Å²) >= 11 is 0. The molecule has 5 nitrogen and oxygen atoms in total. The van der Waals surface area contributed by atoms with Crippen molar-refractivity contribution in [1.29, 1.82) is 0 Å². The van der Waals surface area contributed by atoms with Gasteiger partial charge in [0.1, 0.15) is 0 Å². The highest BCUT2D eigenvalue weighted by Crippen LogP contribution is 2.25. The molecule has 0 aliphatic carbocycles. The van der Waals surface area contributed by atoms with Crippen molar-refractivity contribution in [3.63, 3.8) is 0 Å². The molecular weight excluding hydrogens is 540 g/mol. The molecular formula is C32H34F4O5. The first-order valence-corrected chi connectivity index (χ1v) is 12.9. The van der Waals surface area contributed by atoms with E-state index in [2.05, 4.69) is 0 Å². The van der Waals surface area contributed by atoms with Gasteiger partial charge in [-0.25, -0.2) is 22.4 Å². The average molecular weight is 575 g/mol. The zero-order chi connectivity index (χ0) is 31.6. The van der Waals surface area contributed by atoms with E-state index in [1.165, 1.54) is 19.9 Å². The van der Waals surface area contributed by atoms with Crippen LogP contribution >= 0.6 is 0 Å². The van der Waals surface area contributed by atoms with Gasteiger partial charge in [0.05, 0.1) is 11.1 Å². The van der Waals surface area contributed by atoms with E-state index in [1.54, 1.807) is 32.0 Å². The third-order valence-electron chi connectivity index (χ3n) is 5.78. The van der Waals surface area contributed by atoms with Crippen LogP contribution in [0.1, 0.15) is 88.5 Å². The van der Waals surface area contributed by atoms with Crippen LogP contribution in [0.4, 0.5) is 17.6 Å². The van der Waals surface area contributed by atoms with Crippen LogP contribution in [0, 0.1) is 47.9 Å². The Hall–Kier alpha value is -4.14. The van der Waals surface area contributed by atoms with Crippen LogP contribution < -0.4 is 0 Å². The number of hydrogen-bond donors (Lipinski definition) is 1. The van der Waals surface area contributed by atoms with Crippen molar-refractivity contribution in [1.82, 2.24) is 0 Å². The van der Waals surface area contributed by atoms with E-state index < -0.39 is 52.1 Å². The van der Waals surface area contributed by atoms with Crippen LogP contribution in [0.5, 0.6) is 0 Å². The first-order valence-electron chi connectivity index (χ1n) is 12.9. The lowest BCUT2D eigenvalue weighted by atomic mass is 9.96. The summed E-state index contributed by atoms with van der Waals surface area (Å²) in [7, 11) is 0. The van der Waals surface area contributed by atoms with Crippen LogP contribution in [0.15, 0.2) is 54.6 Å². The average Bonchev–Trinajstić information content (AvgIpc) is 2.95. The van der Waals surface area contributed by atoms with Crippen molar-refractivity contribution in [2.45, 2.75) is 48.5 Å². The molecule has 0 fully saturated rings. The number of rotatable bonds is 7. The lowest BCUT2D eigenvalue weighted by Gasteiger charge is -2.10. The van der Waals surface area contributed by atoms with E-state index in [0.717, 1.165) is 12.5 Å². The zero-order valence-corrected chi connectivity index (χ0v) is 24.0. The molecule has 0 radical (unpaired) electrons. The molecule has 0 saturated carbocycles. The molecule has 220 valence electrons. The molecule has 1 N–H and O–H groups in total. The molecule has 0 aliphatic heterocycles. The van der Waals surface area contributed by atoms with E-state index in [1.807, 2.05) is 44.2 Å². The van der Waals surface area contributed by atoms with Gasteiger partial charge in [0.15, 0.2) is 40.6 Å². The Labute approximate surface area is 237 Å². The minimum atomic E-state index is -1.63. The highest BCUT2D eigenvalue weighted by molar-refractivity contribution is 6.06. The quantitative estimate of drug-likeness (QED) is 0.175. The highest BCUT2D eigenvalue weighted by Gasteiger charge is 2.28. The number of carbonyl (C=O) groups excluding carboxylic acids is 3. The third-order valence-corrected chi connectivity index (χ3v) is 5.78. The van der Waals surface area contributed by atoms with E-state index >= 15 is 0 Å². The summed E-state index contributed by atoms with van der Waals surface area (Å²) in [4.78, 5) is 45.1. The van der Waals surface area contributed by atoms with Crippen LogP contribution in [0.25, 0.3) is 0 Å². The number of aromatic carboxylic acids is 1. The Bertz CT molecular complexity index is 1370. The predicted octanol–water partition coefficient (Wildman–Crippen LogP) is 8.14. The molecule has 41 heavy (non-hydrogen) atoms. The lowest BCUT2D eigenvalue weighted by molar-refractivity contribution is 0.0690. The van der Waals surface area contributed by atoms with E-state index in [0.29, 0.717) is 0 Å². The predicted molar refractivity (Wildman–Crippen MR) is 148 cm³/mol. The van der Waals surface area contributed by atoms with Crippen molar-refractivity contribution in [2.75, 3.05) is 0 Å². The van der Waals surface area contributed by atoms with Crippen molar-refractivity contribution in [3.8, 4) is 0 Å². The Kier molecular flexibility index (Phi) is 13.3. The smallest absolute Gasteiger partial charge is 0.336 e. The lowest BCUT2D eigenvalue weighted by Crippen LogP contribution is -2.16. The van der Waals surface area contributed by atoms with Crippen molar-refractivity contribution < 1.29 is 41.8 Å². The van der Waals surface area contributed by atoms with E-state index in [-0.39, 0.29) is 34.5 Å².